The predicted molar refractivity (Wildman–Crippen MR) is 69.1 cm³/mol. The molecule has 0 radical (unpaired) electrons. The summed E-state index contributed by atoms with van der Waals surface area (Å²) in [4.78, 5) is 22.6. The van der Waals surface area contributed by atoms with E-state index >= 15 is 0 Å². The summed E-state index contributed by atoms with van der Waals surface area (Å²) >= 11 is 0. The van der Waals surface area contributed by atoms with Crippen molar-refractivity contribution in [3.63, 3.8) is 0 Å². The van der Waals surface area contributed by atoms with E-state index in [2.05, 4.69) is 0 Å². The maximum Gasteiger partial charge on any atom is 0.237 e. The van der Waals surface area contributed by atoms with Crippen molar-refractivity contribution >= 4 is 11.8 Å². The average molecular weight is 276 g/mol. The van der Waals surface area contributed by atoms with Gasteiger partial charge in [-0.05, 0) is 26.7 Å². The van der Waals surface area contributed by atoms with Crippen molar-refractivity contribution in [2.45, 2.75) is 45.3 Å². The van der Waals surface area contributed by atoms with Crippen molar-refractivity contribution in [3.8, 4) is 0 Å². The first-order valence-electron chi connectivity index (χ1n) is 6.20. The van der Waals surface area contributed by atoms with E-state index in [1.807, 2.05) is 24.7 Å². The number of carbonyl (C=O) groups is 2. The Hall–Kier alpha value is -1.22. The molecular weight excluding hydrogens is 252 g/mol. The number of ether oxygens (including phenoxy) is 1. The fraction of sp³-hybridized carbons (Fsp3) is 0.818. The molecule has 8 nitrogen and oxygen atoms in total. The third kappa shape index (κ3) is 8.49. The van der Waals surface area contributed by atoms with Crippen LogP contribution < -0.4 is 22.5 Å². The predicted octanol–water partition coefficient (Wildman–Crippen LogP) is -1.46. The normalized spacial score (nSPS) is 14.0. The smallest absolute Gasteiger partial charge is 0.237 e. The second-order valence-electron chi connectivity index (χ2n) is 4.58. The summed E-state index contributed by atoms with van der Waals surface area (Å²) in [5, 5.41) is 9.76. The molecule has 0 aliphatic heterocycles. The first-order valence-corrected chi connectivity index (χ1v) is 6.20. The van der Waals surface area contributed by atoms with Gasteiger partial charge in [0.1, 0.15) is 0 Å². The minimum atomic E-state index is -0.786. The van der Waals surface area contributed by atoms with Crippen LogP contribution in [0.3, 0.4) is 0 Å². The van der Waals surface area contributed by atoms with Gasteiger partial charge in [0.15, 0.2) is 0 Å². The SMILES string of the molecule is CC(C)OC[C@@H](O)C[C@@H](CCC(=O)NN)C(=O)NN. The minimum absolute atomic E-state index is 0.000507. The highest BCUT2D eigenvalue weighted by molar-refractivity contribution is 5.80. The van der Waals surface area contributed by atoms with Crippen molar-refractivity contribution in [2.75, 3.05) is 6.61 Å². The lowest BCUT2D eigenvalue weighted by Crippen LogP contribution is -2.39. The molecule has 0 spiro atoms. The van der Waals surface area contributed by atoms with Crippen LogP contribution in [0, 0.1) is 5.92 Å². The molecule has 112 valence electrons. The quantitative estimate of drug-likeness (QED) is 0.198. The molecule has 0 bridgehead atoms. The number of rotatable bonds is 9. The maximum absolute atomic E-state index is 11.5. The van der Waals surface area contributed by atoms with E-state index in [4.69, 9.17) is 16.4 Å². The van der Waals surface area contributed by atoms with E-state index in [0.29, 0.717) is 0 Å². The molecule has 0 aliphatic rings. The van der Waals surface area contributed by atoms with Crippen molar-refractivity contribution in [3.05, 3.63) is 0 Å². The van der Waals surface area contributed by atoms with Crippen LogP contribution in [0.1, 0.15) is 33.1 Å². The van der Waals surface area contributed by atoms with Crippen LogP contribution >= 0.6 is 0 Å². The van der Waals surface area contributed by atoms with Gasteiger partial charge in [0, 0.05) is 12.3 Å². The van der Waals surface area contributed by atoms with Gasteiger partial charge in [0.2, 0.25) is 11.8 Å². The Morgan fingerprint density at radius 1 is 1.26 bits per heavy atom. The fourth-order valence-electron chi connectivity index (χ4n) is 1.55. The van der Waals surface area contributed by atoms with Crippen molar-refractivity contribution in [1.82, 2.24) is 10.9 Å². The van der Waals surface area contributed by atoms with E-state index in [1.165, 1.54) is 0 Å². The molecular formula is C11H24N4O4. The molecule has 0 unspecified atom stereocenters. The molecule has 19 heavy (non-hydrogen) atoms. The summed E-state index contributed by atoms with van der Waals surface area (Å²) in [6.45, 7) is 3.83. The Morgan fingerprint density at radius 3 is 2.37 bits per heavy atom. The second kappa shape index (κ2) is 9.68. The topological polar surface area (TPSA) is 140 Å². The monoisotopic (exact) mass is 276 g/mol. The van der Waals surface area contributed by atoms with Crippen molar-refractivity contribution < 1.29 is 19.4 Å². The number of hydrogen-bond donors (Lipinski definition) is 5. The van der Waals surface area contributed by atoms with Gasteiger partial charge in [0.05, 0.1) is 18.8 Å². The highest BCUT2D eigenvalue weighted by Gasteiger charge is 2.22. The van der Waals surface area contributed by atoms with Gasteiger partial charge in [-0.1, -0.05) is 0 Å². The number of hydrogen-bond acceptors (Lipinski definition) is 6. The van der Waals surface area contributed by atoms with Crippen LogP contribution in [0.5, 0.6) is 0 Å². The summed E-state index contributed by atoms with van der Waals surface area (Å²) in [6, 6.07) is 0. The molecule has 0 aromatic carbocycles. The number of aliphatic hydroxyl groups is 1. The molecule has 8 heteroatoms. The molecule has 0 saturated heterocycles. The first kappa shape index (κ1) is 17.8. The summed E-state index contributed by atoms with van der Waals surface area (Å²) in [5.74, 6) is 8.67. The summed E-state index contributed by atoms with van der Waals surface area (Å²) in [6.07, 6.45) is -0.268. The Kier molecular flexibility index (Phi) is 9.06. The number of nitrogens with two attached hydrogens (primary N) is 2. The van der Waals surface area contributed by atoms with E-state index in [-0.39, 0.29) is 37.9 Å². The molecule has 0 fully saturated rings. The van der Waals surface area contributed by atoms with Gasteiger partial charge >= 0.3 is 0 Å². The number of aliphatic hydroxyl groups excluding tert-OH is 1. The standard InChI is InChI=1S/C11H24N4O4/c1-7(2)19-6-9(16)5-8(11(18)15-13)3-4-10(17)14-12/h7-9,16H,3-6,12-13H2,1-2H3,(H,14,17)(H,15,18)/t8-,9+/m1/s1. The maximum atomic E-state index is 11.5. The summed E-state index contributed by atoms with van der Waals surface area (Å²) < 4.78 is 5.25. The van der Waals surface area contributed by atoms with Gasteiger partial charge in [0.25, 0.3) is 0 Å². The van der Waals surface area contributed by atoms with Crippen molar-refractivity contribution in [2.24, 2.45) is 17.6 Å². The van der Waals surface area contributed by atoms with Crippen LogP contribution in [0.15, 0.2) is 0 Å². The molecule has 0 aromatic rings. The van der Waals surface area contributed by atoms with E-state index in [1.54, 1.807) is 0 Å². The van der Waals surface area contributed by atoms with Gasteiger partial charge < -0.3 is 9.84 Å². The zero-order valence-corrected chi connectivity index (χ0v) is 11.4. The van der Waals surface area contributed by atoms with Gasteiger partial charge in [-0.3, -0.25) is 20.4 Å². The Morgan fingerprint density at radius 2 is 1.89 bits per heavy atom. The molecule has 0 aliphatic carbocycles. The Bertz CT molecular complexity index is 286. The lowest BCUT2D eigenvalue weighted by atomic mass is 9.95. The number of nitrogens with one attached hydrogen (secondary N) is 2. The number of hydrazine groups is 2. The number of amides is 2. The first-order chi connectivity index (χ1) is 8.90. The molecule has 0 rings (SSSR count). The highest BCUT2D eigenvalue weighted by Crippen LogP contribution is 2.14. The zero-order valence-electron chi connectivity index (χ0n) is 11.4. The minimum Gasteiger partial charge on any atom is -0.391 e. The van der Waals surface area contributed by atoms with Crippen LogP contribution in [0.25, 0.3) is 0 Å². The summed E-state index contributed by atoms with van der Waals surface area (Å²) in [7, 11) is 0. The molecule has 7 N–H and O–H groups in total. The lowest BCUT2D eigenvalue weighted by molar-refractivity contribution is -0.127. The van der Waals surface area contributed by atoms with Crippen LogP contribution in [0.4, 0.5) is 0 Å². The molecule has 0 saturated carbocycles. The molecule has 0 aromatic heterocycles. The molecule has 2 atom stereocenters. The third-order valence-electron chi connectivity index (χ3n) is 2.57. The highest BCUT2D eigenvalue weighted by atomic mass is 16.5. The number of carbonyl (C=O) groups excluding carboxylic acids is 2. The van der Waals surface area contributed by atoms with Gasteiger partial charge in [-0.2, -0.15) is 0 Å². The lowest BCUT2D eigenvalue weighted by Gasteiger charge is -2.19. The van der Waals surface area contributed by atoms with Crippen molar-refractivity contribution in [1.29, 1.82) is 0 Å². The van der Waals surface area contributed by atoms with Crippen LogP contribution in [-0.2, 0) is 14.3 Å². The largest absolute Gasteiger partial charge is 0.391 e. The van der Waals surface area contributed by atoms with E-state index in [9.17, 15) is 14.7 Å². The summed E-state index contributed by atoms with van der Waals surface area (Å²) in [5.41, 5.74) is 4.00. The Balaban J connectivity index is 4.26. The fourth-order valence-corrected chi connectivity index (χ4v) is 1.55. The molecule has 2 amide bonds. The zero-order chi connectivity index (χ0) is 14.8. The molecule has 0 heterocycles. The second-order valence-corrected chi connectivity index (χ2v) is 4.58. The van der Waals surface area contributed by atoms with Crippen LogP contribution in [0.2, 0.25) is 0 Å². The average Bonchev–Trinajstić information content (AvgIpc) is 2.39. The van der Waals surface area contributed by atoms with Gasteiger partial charge in [-0.15, -0.1) is 0 Å². The third-order valence-corrected chi connectivity index (χ3v) is 2.57. The van der Waals surface area contributed by atoms with E-state index < -0.39 is 17.9 Å². The Labute approximate surface area is 112 Å². The van der Waals surface area contributed by atoms with Gasteiger partial charge in [-0.25, -0.2) is 11.7 Å². The van der Waals surface area contributed by atoms with E-state index in [0.717, 1.165) is 0 Å². The van der Waals surface area contributed by atoms with Crippen LogP contribution in [-0.4, -0.2) is 35.7 Å².